The van der Waals surface area contributed by atoms with Gasteiger partial charge in [0.25, 0.3) is 0 Å². The normalized spacial score (nSPS) is 19.9. The summed E-state index contributed by atoms with van der Waals surface area (Å²) in [5, 5.41) is 0. The second-order valence-corrected chi connectivity index (χ2v) is 7.26. The summed E-state index contributed by atoms with van der Waals surface area (Å²) in [6.07, 6.45) is 3.94. The van der Waals surface area contributed by atoms with Gasteiger partial charge in [0.05, 0.1) is 5.69 Å². The van der Waals surface area contributed by atoms with Gasteiger partial charge in [-0.25, -0.2) is 12.8 Å². The highest BCUT2D eigenvalue weighted by Crippen LogP contribution is 2.39. The second-order valence-electron chi connectivity index (χ2n) is 5.40. The van der Waals surface area contributed by atoms with Crippen molar-refractivity contribution in [3.8, 4) is 0 Å². The van der Waals surface area contributed by atoms with Crippen LogP contribution in [0.1, 0.15) is 25.7 Å². The van der Waals surface area contributed by atoms with E-state index in [2.05, 4.69) is 0 Å². The highest BCUT2D eigenvalue weighted by atomic mass is 32.2. The van der Waals surface area contributed by atoms with Crippen LogP contribution in [-0.4, -0.2) is 25.3 Å². The first kappa shape index (κ1) is 12.9. The van der Waals surface area contributed by atoms with Crippen molar-refractivity contribution in [2.45, 2.75) is 36.6 Å². The van der Waals surface area contributed by atoms with E-state index in [1.165, 1.54) is 22.5 Å². The summed E-state index contributed by atoms with van der Waals surface area (Å²) >= 11 is 0. The van der Waals surface area contributed by atoms with Crippen molar-refractivity contribution >= 4 is 15.7 Å². The van der Waals surface area contributed by atoms with Crippen LogP contribution in [0.3, 0.4) is 0 Å². The lowest BCUT2D eigenvalue weighted by molar-refractivity contribution is 0.389. The van der Waals surface area contributed by atoms with Crippen LogP contribution < -0.4 is 5.73 Å². The maximum absolute atomic E-state index is 13.5. The summed E-state index contributed by atoms with van der Waals surface area (Å²) in [7, 11) is -3.68. The molecule has 2 fully saturated rings. The largest absolute Gasteiger partial charge is 0.395 e. The molecule has 1 aromatic rings. The van der Waals surface area contributed by atoms with E-state index in [0.29, 0.717) is 12.5 Å². The van der Waals surface area contributed by atoms with E-state index in [4.69, 9.17) is 5.73 Å². The lowest BCUT2D eigenvalue weighted by Crippen LogP contribution is -2.35. The highest BCUT2D eigenvalue weighted by Gasteiger charge is 2.41. The first-order valence-corrected chi connectivity index (χ1v) is 8.00. The smallest absolute Gasteiger partial charge is 0.245 e. The number of nitrogens with zero attached hydrogens (tertiary/aromatic N) is 1. The molecule has 0 aromatic heterocycles. The number of hydrogen-bond donors (Lipinski definition) is 1. The topological polar surface area (TPSA) is 63.4 Å². The number of hydrogen-bond acceptors (Lipinski definition) is 3. The molecule has 1 aromatic carbocycles. The molecule has 0 radical (unpaired) electrons. The van der Waals surface area contributed by atoms with E-state index in [0.717, 1.165) is 25.7 Å². The van der Waals surface area contributed by atoms with Crippen molar-refractivity contribution < 1.29 is 12.8 Å². The number of nitrogens with two attached hydrogens (primary N) is 1. The molecule has 0 heterocycles. The zero-order chi connectivity index (χ0) is 13.6. The first-order chi connectivity index (χ1) is 9.00. The lowest BCUT2D eigenvalue weighted by atomic mass is 10.3. The third-order valence-corrected chi connectivity index (χ3v) is 5.67. The molecular weight excluding hydrogens is 267 g/mol. The Kier molecular flexibility index (Phi) is 3.02. The summed E-state index contributed by atoms with van der Waals surface area (Å²) in [4.78, 5) is -0.0972. The van der Waals surface area contributed by atoms with Gasteiger partial charge in [-0.3, -0.25) is 0 Å². The number of para-hydroxylation sites is 1. The lowest BCUT2D eigenvalue weighted by Gasteiger charge is -2.22. The number of sulfonamides is 1. The minimum absolute atomic E-state index is 0.0771. The molecule has 0 atom stereocenters. The van der Waals surface area contributed by atoms with Gasteiger partial charge in [0.1, 0.15) is 10.7 Å². The fourth-order valence-corrected chi connectivity index (χ4v) is 4.12. The quantitative estimate of drug-likeness (QED) is 0.841. The molecule has 0 saturated heterocycles. The third-order valence-electron chi connectivity index (χ3n) is 3.69. The highest BCUT2D eigenvalue weighted by molar-refractivity contribution is 7.89. The summed E-state index contributed by atoms with van der Waals surface area (Å²) < 4.78 is 40.2. The summed E-state index contributed by atoms with van der Waals surface area (Å²) in [5.41, 5.74) is 5.32. The van der Waals surface area contributed by atoms with Crippen LogP contribution in [0.5, 0.6) is 0 Å². The van der Waals surface area contributed by atoms with Gasteiger partial charge in [-0.15, -0.1) is 0 Å². The molecule has 19 heavy (non-hydrogen) atoms. The summed E-state index contributed by atoms with van der Waals surface area (Å²) in [5.74, 6) is -0.214. The van der Waals surface area contributed by atoms with E-state index in [1.807, 2.05) is 0 Å². The molecule has 2 aliphatic carbocycles. The Balaban J connectivity index is 1.97. The van der Waals surface area contributed by atoms with E-state index in [9.17, 15) is 12.8 Å². The van der Waals surface area contributed by atoms with Crippen LogP contribution in [0.4, 0.5) is 10.1 Å². The maximum Gasteiger partial charge on any atom is 0.245 e. The van der Waals surface area contributed by atoms with Gasteiger partial charge >= 0.3 is 0 Å². The predicted molar refractivity (Wildman–Crippen MR) is 70.5 cm³/mol. The molecule has 104 valence electrons. The van der Waals surface area contributed by atoms with Gasteiger partial charge in [-0.05, 0) is 43.7 Å². The van der Waals surface area contributed by atoms with Crippen molar-refractivity contribution in [2.75, 3.05) is 12.3 Å². The van der Waals surface area contributed by atoms with Crippen LogP contribution in [0.25, 0.3) is 0 Å². The van der Waals surface area contributed by atoms with Gasteiger partial charge in [-0.2, -0.15) is 4.31 Å². The first-order valence-electron chi connectivity index (χ1n) is 6.56. The molecule has 0 aliphatic heterocycles. The Morgan fingerprint density at radius 2 is 1.95 bits per heavy atom. The molecule has 0 amide bonds. The molecule has 3 rings (SSSR count). The number of halogens is 1. The molecule has 2 saturated carbocycles. The monoisotopic (exact) mass is 284 g/mol. The minimum atomic E-state index is -3.68. The second kappa shape index (κ2) is 4.45. The van der Waals surface area contributed by atoms with Crippen LogP contribution in [0.2, 0.25) is 0 Å². The van der Waals surface area contributed by atoms with E-state index in [-0.39, 0.29) is 16.6 Å². The minimum Gasteiger partial charge on any atom is -0.395 e. The van der Waals surface area contributed by atoms with Crippen molar-refractivity contribution in [2.24, 2.45) is 5.92 Å². The Morgan fingerprint density at radius 1 is 1.26 bits per heavy atom. The Morgan fingerprint density at radius 3 is 2.53 bits per heavy atom. The number of nitrogen functional groups attached to an aromatic ring is 1. The molecule has 2 aliphatic rings. The predicted octanol–water partition coefficient (Wildman–Crippen LogP) is 1.97. The molecule has 0 bridgehead atoms. The fraction of sp³-hybridized carbons (Fsp3) is 0.538. The molecule has 2 N–H and O–H groups in total. The van der Waals surface area contributed by atoms with Crippen molar-refractivity contribution in [1.29, 1.82) is 0 Å². The summed E-state index contributed by atoms with van der Waals surface area (Å²) in [6, 6.07) is 4.03. The average Bonchev–Trinajstić information content (AvgIpc) is 3.23. The van der Waals surface area contributed by atoms with Gasteiger partial charge in [-0.1, -0.05) is 6.07 Å². The molecule has 0 unspecified atom stereocenters. The van der Waals surface area contributed by atoms with Gasteiger partial charge in [0.2, 0.25) is 10.0 Å². The zero-order valence-corrected chi connectivity index (χ0v) is 11.4. The zero-order valence-electron chi connectivity index (χ0n) is 10.5. The fourth-order valence-electron chi connectivity index (χ4n) is 2.23. The number of rotatable bonds is 5. The summed E-state index contributed by atoms with van der Waals surface area (Å²) in [6.45, 7) is 0.545. The SMILES string of the molecule is Nc1c(F)cccc1S(=O)(=O)N(CC1CC1)C1CC1. The molecular formula is C13H17FN2O2S. The standard InChI is InChI=1S/C13H17FN2O2S/c14-11-2-1-3-12(13(11)15)19(17,18)16(10-6-7-10)8-9-4-5-9/h1-3,9-10H,4-8,15H2. The van der Waals surface area contributed by atoms with Gasteiger partial charge in [0.15, 0.2) is 0 Å². The number of anilines is 1. The van der Waals surface area contributed by atoms with Crippen molar-refractivity contribution in [3.05, 3.63) is 24.0 Å². The van der Waals surface area contributed by atoms with Crippen LogP contribution in [0.15, 0.2) is 23.1 Å². The Hall–Kier alpha value is -1.14. The van der Waals surface area contributed by atoms with E-state index in [1.54, 1.807) is 0 Å². The van der Waals surface area contributed by atoms with E-state index < -0.39 is 15.8 Å². The van der Waals surface area contributed by atoms with Crippen LogP contribution in [0, 0.1) is 11.7 Å². The average molecular weight is 284 g/mol. The van der Waals surface area contributed by atoms with E-state index >= 15 is 0 Å². The molecule has 0 spiro atoms. The third kappa shape index (κ3) is 2.47. The van der Waals surface area contributed by atoms with Crippen molar-refractivity contribution in [3.63, 3.8) is 0 Å². The maximum atomic E-state index is 13.5. The Labute approximate surface area is 112 Å². The molecule has 6 heteroatoms. The van der Waals surface area contributed by atoms with Gasteiger partial charge in [0, 0.05) is 12.6 Å². The van der Waals surface area contributed by atoms with Crippen LogP contribution in [-0.2, 0) is 10.0 Å². The Bertz CT molecular complexity index is 595. The molecule has 4 nitrogen and oxygen atoms in total. The van der Waals surface area contributed by atoms with Gasteiger partial charge < -0.3 is 5.73 Å². The van der Waals surface area contributed by atoms with Crippen molar-refractivity contribution in [1.82, 2.24) is 4.31 Å². The van der Waals surface area contributed by atoms with Crippen LogP contribution >= 0.6 is 0 Å². The number of benzene rings is 1.